The number of halogens is 1. The van der Waals surface area contributed by atoms with Crippen LogP contribution in [0.2, 0.25) is 0 Å². The second-order valence-corrected chi connectivity index (χ2v) is 4.51. The quantitative estimate of drug-likeness (QED) is 0.653. The van der Waals surface area contributed by atoms with Crippen LogP contribution >= 0.6 is 0 Å². The molecule has 0 aliphatic carbocycles. The lowest BCUT2D eigenvalue weighted by Crippen LogP contribution is -2.04. The Morgan fingerprint density at radius 1 is 1.24 bits per heavy atom. The fraction of sp³-hybridized carbons (Fsp3) is 0.200. The molecule has 0 aliphatic rings. The first-order valence-electron chi connectivity index (χ1n) is 6.34. The third-order valence-electron chi connectivity index (χ3n) is 2.99. The highest BCUT2D eigenvalue weighted by molar-refractivity contribution is 5.52. The number of ether oxygens (including phenoxy) is 1. The highest BCUT2D eigenvalue weighted by atomic mass is 19.1. The molecule has 5 nitrogen and oxygen atoms in total. The molecule has 0 aromatic heterocycles. The first kappa shape index (κ1) is 14.9. The summed E-state index contributed by atoms with van der Waals surface area (Å²) in [6, 6.07) is 11.1. The summed E-state index contributed by atoms with van der Waals surface area (Å²) in [6.45, 7) is 0.904. The average molecular weight is 290 g/mol. The zero-order chi connectivity index (χ0) is 15.2. The third kappa shape index (κ3) is 4.00. The van der Waals surface area contributed by atoms with Crippen molar-refractivity contribution in [3.8, 4) is 0 Å². The Balaban J connectivity index is 2.15. The molecule has 0 atom stereocenters. The number of benzene rings is 2. The summed E-state index contributed by atoms with van der Waals surface area (Å²) in [4.78, 5) is 10.1. The van der Waals surface area contributed by atoms with Crippen LogP contribution < -0.4 is 5.32 Å². The van der Waals surface area contributed by atoms with E-state index in [1.807, 2.05) is 24.3 Å². The minimum atomic E-state index is -0.642. The molecule has 0 heterocycles. The van der Waals surface area contributed by atoms with E-state index >= 15 is 0 Å². The number of non-ortho nitro benzene ring substituents is 1. The maximum Gasteiger partial charge on any atom is 0.274 e. The molecular weight excluding hydrogens is 275 g/mol. The largest absolute Gasteiger partial charge is 0.381 e. The van der Waals surface area contributed by atoms with Crippen LogP contribution in [0, 0.1) is 15.9 Å². The summed E-state index contributed by atoms with van der Waals surface area (Å²) in [6.07, 6.45) is 0. The van der Waals surface area contributed by atoms with Gasteiger partial charge in [0.1, 0.15) is 5.82 Å². The molecule has 2 aromatic rings. The molecule has 0 spiro atoms. The van der Waals surface area contributed by atoms with Crippen molar-refractivity contribution in [2.45, 2.75) is 13.2 Å². The molecule has 110 valence electrons. The number of anilines is 1. The molecule has 1 N–H and O–H groups in total. The number of nitro benzene ring substituents is 1. The molecule has 0 bridgehead atoms. The summed E-state index contributed by atoms with van der Waals surface area (Å²) >= 11 is 0. The van der Waals surface area contributed by atoms with Gasteiger partial charge in [-0.1, -0.05) is 24.3 Å². The van der Waals surface area contributed by atoms with Gasteiger partial charge in [-0.25, -0.2) is 4.39 Å². The first-order valence-corrected chi connectivity index (χ1v) is 6.34. The minimum absolute atomic E-state index is 0.275. The van der Waals surface area contributed by atoms with Gasteiger partial charge in [-0.15, -0.1) is 0 Å². The predicted octanol–water partition coefficient (Wildman–Crippen LogP) is 3.49. The highest BCUT2D eigenvalue weighted by Crippen LogP contribution is 2.21. The van der Waals surface area contributed by atoms with E-state index in [0.717, 1.165) is 17.2 Å². The SMILES string of the molecule is COCc1ccccc1CNc1cc(F)cc([N+](=O)[O-])c1. The second kappa shape index (κ2) is 6.81. The van der Waals surface area contributed by atoms with Crippen LogP contribution in [0.15, 0.2) is 42.5 Å². The van der Waals surface area contributed by atoms with Crippen LogP contribution in [-0.2, 0) is 17.9 Å². The molecule has 21 heavy (non-hydrogen) atoms. The number of methoxy groups -OCH3 is 1. The van der Waals surface area contributed by atoms with Crippen LogP contribution in [0.3, 0.4) is 0 Å². The lowest BCUT2D eigenvalue weighted by atomic mass is 10.1. The lowest BCUT2D eigenvalue weighted by molar-refractivity contribution is -0.385. The maximum absolute atomic E-state index is 13.3. The van der Waals surface area contributed by atoms with Crippen LogP contribution in [0.25, 0.3) is 0 Å². The minimum Gasteiger partial charge on any atom is -0.381 e. The molecule has 0 unspecified atom stereocenters. The summed E-state index contributed by atoms with van der Waals surface area (Å²) < 4.78 is 18.5. The number of nitro groups is 1. The van der Waals surface area contributed by atoms with Gasteiger partial charge in [-0.2, -0.15) is 0 Å². The van der Waals surface area contributed by atoms with Gasteiger partial charge < -0.3 is 10.1 Å². The molecule has 0 fully saturated rings. The molecule has 0 aliphatic heterocycles. The topological polar surface area (TPSA) is 64.4 Å². The number of rotatable bonds is 6. The molecule has 0 saturated heterocycles. The zero-order valence-electron chi connectivity index (χ0n) is 11.5. The van der Waals surface area contributed by atoms with E-state index in [4.69, 9.17) is 4.74 Å². The lowest BCUT2D eigenvalue weighted by Gasteiger charge is -2.11. The highest BCUT2D eigenvalue weighted by Gasteiger charge is 2.10. The Bertz CT molecular complexity index is 647. The molecule has 0 saturated carbocycles. The maximum atomic E-state index is 13.3. The molecule has 6 heteroatoms. The van der Waals surface area contributed by atoms with Crippen molar-refractivity contribution in [2.75, 3.05) is 12.4 Å². The zero-order valence-corrected chi connectivity index (χ0v) is 11.5. The predicted molar refractivity (Wildman–Crippen MR) is 77.5 cm³/mol. The molecular formula is C15H15FN2O3. The van der Waals surface area contributed by atoms with Crippen molar-refractivity contribution in [3.63, 3.8) is 0 Å². The van der Waals surface area contributed by atoms with Crippen molar-refractivity contribution in [3.05, 3.63) is 69.5 Å². The van der Waals surface area contributed by atoms with E-state index in [1.54, 1.807) is 7.11 Å². The number of hydrogen-bond donors (Lipinski definition) is 1. The van der Waals surface area contributed by atoms with Gasteiger partial charge in [0.15, 0.2) is 0 Å². The average Bonchev–Trinajstić information content (AvgIpc) is 2.46. The van der Waals surface area contributed by atoms with E-state index in [1.165, 1.54) is 12.1 Å². The summed E-state index contributed by atoms with van der Waals surface area (Å²) in [7, 11) is 1.61. The first-order chi connectivity index (χ1) is 10.1. The van der Waals surface area contributed by atoms with Crippen molar-refractivity contribution >= 4 is 11.4 Å². The molecule has 0 radical (unpaired) electrons. The van der Waals surface area contributed by atoms with Crippen LogP contribution in [0.1, 0.15) is 11.1 Å². The number of hydrogen-bond acceptors (Lipinski definition) is 4. The van der Waals surface area contributed by atoms with Crippen LogP contribution in [0.5, 0.6) is 0 Å². The Morgan fingerprint density at radius 3 is 2.62 bits per heavy atom. The molecule has 2 aromatic carbocycles. The monoisotopic (exact) mass is 290 g/mol. The molecule has 2 rings (SSSR count). The van der Waals surface area contributed by atoms with Gasteiger partial charge >= 0.3 is 0 Å². The summed E-state index contributed by atoms with van der Waals surface area (Å²) in [5, 5.41) is 13.7. The second-order valence-electron chi connectivity index (χ2n) is 4.51. The Morgan fingerprint density at radius 2 is 1.95 bits per heavy atom. The van der Waals surface area contributed by atoms with E-state index in [2.05, 4.69) is 5.32 Å². The van der Waals surface area contributed by atoms with Gasteiger partial charge in [0.05, 0.1) is 17.6 Å². The van der Waals surface area contributed by atoms with E-state index in [-0.39, 0.29) is 5.69 Å². The summed E-state index contributed by atoms with van der Waals surface area (Å²) in [5.41, 5.74) is 2.10. The Kier molecular flexibility index (Phi) is 4.84. The third-order valence-corrected chi connectivity index (χ3v) is 2.99. The van der Waals surface area contributed by atoms with Crippen molar-refractivity contribution in [2.24, 2.45) is 0 Å². The van der Waals surface area contributed by atoms with Gasteiger partial charge in [0.25, 0.3) is 5.69 Å². The van der Waals surface area contributed by atoms with Crippen molar-refractivity contribution < 1.29 is 14.1 Å². The smallest absolute Gasteiger partial charge is 0.274 e. The standard InChI is InChI=1S/C15H15FN2O3/c1-21-10-12-5-3-2-4-11(12)9-17-14-6-13(16)7-15(8-14)18(19)20/h2-8,17H,9-10H2,1H3. The van der Waals surface area contributed by atoms with Crippen LogP contribution in [-0.4, -0.2) is 12.0 Å². The number of nitrogens with zero attached hydrogens (tertiary/aromatic N) is 1. The Labute approximate surface area is 121 Å². The van der Waals surface area contributed by atoms with Crippen molar-refractivity contribution in [1.29, 1.82) is 0 Å². The fourth-order valence-electron chi connectivity index (χ4n) is 2.01. The van der Waals surface area contributed by atoms with Crippen LogP contribution in [0.4, 0.5) is 15.8 Å². The van der Waals surface area contributed by atoms with Gasteiger partial charge in [0.2, 0.25) is 0 Å². The Hall–Kier alpha value is -2.47. The number of nitrogens with one attached hydrogen (secondary N) is 1. The van der Waals surface area contributed by atoms with Gasteiger partial charge in [-0.05, 0) is 17.2 Å². The van der Waals surface area contributed by atoms with E-state index in [0.29, 0.717) is 18.8 Å². The normalized spacial score (nSPS) is 10.4. The molecule has 0 amide bonds. The van der Waals surface area contributed by atoms with Gasteiger partial charge in [0, 0.05) is 25.4 Å². The summed E-state index contributed by atoms with van der Waals surface area (Å²) in [5.74, 6) is -0.642. The van der Waals surface area contributed by atoms with Gasteiger partial charge in [-0.3, -0.25) is 10.1 Å². The van der Waals surface area contributed by atoms with E-state index < -0.39 is 10.7 Å². The van der Waals surface area contributed by atoms with E-state index in [9.17, 15) is 14.5 Å². The van der Waals surface area contributed by atoms with Crippen molar-refractivity contribution in [1.82, 2.24) is 0 Å². The fourth-order valence-corrected chi connectivity index (χ4v) is 2.01.